The molecule has 1 atom stereocenters. The first-order valence-electron chi connectivity index (χ1n) is 16.1. The fourth-order valence-electron chi connectivity index (χ4n) is 6.60. The molecule has 12 heteroatoms. The van der Waals surface area contributed by atoms with Gasteiger partial charge in [-0.3, -0.25) is 9.69 Å². The molecule has 0 unspecified atom stereocenters. The van der Waals surface area contributed by atoms with Gasteiger partial charge in [-0.15, -0.1) is 0 Å². The first kappa shape index (κ1) is 32.1. The molecule has 0 bridgehead atoms. The van der Waals surface area contributed by atoms with E-state index in [0.717, 1.165) is 45.6 Å². The number of hydrogen-bond donors (Lipinski definition) is 1. The molecule has 47 heavy (non-hydrogen) atoms. The lowest BCUT2D eigenvalue weighted by Crippen LogP contribution is -2.54. The molecule has 244 valence electrons. The maximum atomic E-state index is 15.6. The maximum absolute atomic E-state index is 15.6. The summed E-state index contributed by atoms with van der Waals surface area (Å²) in [7, 11) is 0. The number of aromatic nitrogens is 4. The van der Waals surface area contributed by atoms with Gasteiger partial charge in [0.1, 0.15) is 46.8 Å². The average molecular weight is 638 g/mol. The molecular weight excluding hydrogens is 597 g/mol. The molecule has 2 aliphatic heterocycles. The Morgan fingerprint density at radius 1 is 1.11 bits per heavy atom. The average Bonchev–Trinajstić information content (AvgIpc) is 3.69. The minimum absolute atomic E-state index is 0.136. The number of carbonyl (C=O) groups is 1. The number of nitrogens with zero attached hydrogens (tertiary/aromatic N) is 8. The van der Waals surface area contributed by atoms with E-state index in [1.807, 2.05) is 24.3 Å². The fraction of sp³-hybridized carbons (Fsp3) is 0.400. The molecule has 0 aliphatic carbocycles. The predicted octanol–water partition coefficient (Wildman–Crippen LogP) is 4.86. The van der Waals surface area contributed by atoms with Crippen LogP contribution in [0.3, 0.4) is 0 Å². The van der Waals surface area contributed by atoms with Crippen LogP contribution in [0.5, 0.6) is 11.5 Å². The van der Waals surface area contributed by atoms with Crippen LogP contribution in [-0.2, 0) is 11.3 Å². The summed E-state index contributed by atoms with van der Waals surface area (Å²) in [6.07, 6.45) is 4.68. The highest BCUT2D eigenvalue weighted by Gasteiger charge is 2.35. The van der Waals surface area contributed by atoms with Crippen LogP contribution in [-0.4, -0.2) is 91.2 Å². The van der Waals surface area contributed by atoms with Crippen LogP contribution in [0.4, 0.5) is 10.2 Å². The molecule has 2 fully saturated rings. The first-order chi connectivity index (χ1) is 22.7. The Morgan fingerprint density at radius 2 is 1.87 bits per heavy atom. The minimum Gasteiger partial charge on any atom is -0.457 e. The number of nitrogens with two attached hydrogens (primary N) is 1. The van der Waals surface area contributed by atoms with Crippen LogP contribution in [0, 0.1) is 17.1 Å². The zero-order chi connectivity index (χ0) is 33.1. The van der Waals surface area contributed by atoms with Crippen molar-refractivity contribution in [1.82, 2.24) is 34.4 Å². The van der Waals surface area contributed by atoms with E-state index in [1.165, 1.54) is 12.4 Å². The number of halogens is 1. The number of benzene rings is 2. The summed E-state index contributed by atoms with van der Waals surface area (Å²) in [5, 5.41) is 15.3. The number of para-hydroxylation sites is 1. The monoisotopic (exact) mass is 637 g/mol. The summed E-state index contributed by atoms with van der Waals surface area (Å²) in [6.45, 7) is 11.8. The number of carbonyl (C=O) groups excluding carboxylic acids is 1. The van der Waals surface area contributed by atoms with Gasteiger partial charge in [-0.05, 0) is 63.6 Å². The zero-order valence-electron chi connectivity index (χ0n) is 27.1. The standard InChI is InChI=1S/C35H40FN9O2/c1-4-42-15-17-43(18-16-42)35(2,3)20-24(21-37)34(46)44-14-8-9-25(44)22-45-33-30(32(38)39-23-40-33)31(41-45)28-13-12-27(19-29(28)36)47-26-10-6-5-7-11-26/h5-7,10-13,19-20,23,25H,4,8-9,14-18,22H2,1-3H3,(H2,38,39,40)/b24-20-/t25-/m1/s1. The van der Waals surface area contributed by atoms with Crippen molar-refractivity contribution in [3.63, 3.8) is 0 Å². The van der Waals surface area contributed by atoms with E-state index >= 15 is 4.39 Å². The number of likely N-dealkylation sites (N-methyl/N-ethyl adjacent to an activating group) is 1. The predicted molar refractivity (Wildman–Crippen MR) is 178 cm³/mol. The number of rotatable bonds is 9. The third-order valence-electron chi connectivity index (χ3n) is 9.24. The van der Waals surface area contributed by atoms with E-state index in [-0.39, 0.29) is 28.9 Å². The minimum atomic E-state index is -0.534. The highest BCUT2D eigenvalue weighted by Crippen LogP contribution is 2.35. The van der Waals surface area contributed by atoms with Crippen LogP contribution in [0.1, 0.15) is 33.6 Å². The molecule has 0 radical (unpaired) electrons. The smallest absolute Gasteiger partial charge is 0.264 e. The highest BCUT2D eigenvalue weighted by molar-refractivity contribution is 5.99. The molecule has 2 aromatic carbocycles. The first-order valence-corrected chi connectivity index (χ1v) is 16.1. The molecule has 11 nitrogen and oxygen atoms in total. The van der Waals surface area contributed by atoms with Crippen LogP contribution in [0.25, 0.3) is 22.3 Å². The molecule has 1 amide bonds. The third-order valence-corrected chi connectivity index (χ3v) is 9.24. The van der Waals surface area contributed by atoms with Gasteiger partial charge in [0, 0.05) is 49.9 Å². The molecule has 2 aliphatic rings. The van der Waals surface area contributed by atoms with Gasteiger partial charge in [0.05, 0.1) is 18.0 Å². The van der Waals surface area contributed by atoms with E-state index in [9.17, 15) is 10.1 Å². The Labute approximate surface area is 274 Å². The third kappa shape index (κ3) is 6.68. The lowest BCUT2D eigenvalue weighted by Gasteiger charge is -2.42. The number of nitrogen functional groups attached to an aromatic ring is 1. The molecule has 2 N–H and O–H groups in total. The Hall–Kier alpha value is -4.86. The normalized spacial score (nSPS) is 18.1. The number of anilines is 1. The second-order valence-corrected chi connectivity index (χ2v) is 12.6. The molecule has 4 heterocycles. The SMILES string of the molecule is CCN1CCN(C(C)(C)/C=C(/C#N)C(=O)N2CCC[C@@H]2Cn2nc(-c3ccc(Oc4ccccc4)cc3F)c3c(N)ncnc32)CC1. The van der Waals surface area contributed by atoms with Gasteiger partial charge >= 0.3 is 0 Å². The van der Waals surface area contributed by atoms with Crippen molar-refractivity contribution in [1.29, 1.82) is 5.26 Å². The molecule has 2 saturated heterocycles. The van der Waals surface area contributed by atoms with Gasteiger partial charge < -0.3 is 20.3 Å². The fourth-order valence-corrected chi connectivity index (χ4v) is 6.60. The Balaban J connectivity index is 1.25. The van der Waals surface area contributed by atoms with E-state index in [0.29, 0.717) is 41.3 Å². The molecule has 0 saturated carbocycles. The second-order valence-electron chi connectivity index (χ2n) is 12.6. The Kier molecular flexibility index (Phi) is 9.20. The van der Waals surface area contributed by atoms with E-state index in [4.69, 9.17) is 15.6 Å². The van der Waals surface area contributed by atoms with E-state index in [1.54, 1.807) is 33.8 Å². The zero-order valence-corrected chi connectivity index (χ0v) is 27.1. The van der Waals surface area contributed by atoms with E-state index < -0.39 is 11.4 Å². The molecule has 4 aromatic rings. The van der Waals surface area contributed by atoms with Gasteiger partial charge in [0.25, 0.3) is 5.91 Å². The van der Waals surface area contributed by atoms with Crippen LogP contribution >= 0.6 is 0 Å². The van der Waals surface area contributed by atoms with Crippen molar-refractivity contribution in [3.8, 4) is 28.8 Å². The van der Waals surface area contributed by atoms with Crippen LogP contribution in [0.15, 0.2) is 66.5 Å². The van der Waals surface area contributed by atoms with Crippen molar-refractivity contribution < 1.29 is 13.9 Å². The second kappa shape index (κ2) is 13.5. The molecule has 2 aromatic heterocycles. The summed E-state index contributed by atoms with van der Waals surface area (Å²) in [4.78, 5) is 28.9. The lowest BCUT2D eigenvalue weighted by atomic mass is 9.97. The molecule has 6 rings (SSSR count). The summed E-state index contributed by atoms with van der Waals surface area (Å²) < 4.78 is 23.1. The van der Waals surface area contributed by atoms with Crippen molar-refractivity contribution >= 4 is 22.8 Å². The van der Waals surface area contributed by atoms with Crippen molar-refractivity contribution in [2.45, 2.75) is 51.7 Å². The van der Waals surface area contributed by atoms with Crippen LogP contribution in [0.2, 0.25) is 0 Å². The topological polar surface area (TPSA) is 129 Å². The van der Waals surface area contributed by atoms with E-state index in [2.05, 4.69) is 46.6 Å². The summed E-state index contributed by atoms with van der Waals surface area (Å²) in [5.74, 6) is 0.291. The van der Waals surface area contributed by atoms with Gasteiger partial charge in [0.15, 0.2) is 5.65 Å². The van der Waals surface area contributed by atoms with Crippen molar-refractivity contribution in [2.24, 2.45) is 0 Å². The Bertz CT molecular complexity index is 1820. The van der Waals surface area contributed by atoms with Crippen LogP contribution < -0.4 is 10.5 Å². The Morgan fingerprint density at radius 3 is 2.57 bits per heavy atom. The van der Waals surface area contributed by atoms with Crippen molar-refractivity contribution in [3.05, 3.63) is 72.3 Å². The largest absolute Gasteiger partial charge is 0.457 e. The number of ether oxygens (including phenoxy) is 1. The number of piperazine rings is 1. The quantitative estimate of drug-likeness (QED) is 0.202. The number of likely N-dealkylation sites (tertiary alicyclic amines) is 1. The van der Waals surface area contributed by atoms with Gasteiger partial charge in [-0.25, -0.2) is 19.0 Å². The summed E-state index contributed by atoms with van der Waals surface area (Å²) in [5.41, 5.74) is 6.96. The number of nitriles is 1. The van der Waals surface area contributed by atoms with Gasteiger partial charge in [-0.1, -0.05) is 25.1 Å². The molecular formula is C35H40FN9O2. The lowest BCUT2D eigenvalue weighted by molar-refractivity contribution is -0.127. The summed E-state index contributed by atoms with van der Waals surface area (Å²) >= 11 is 0. The number of amides is 1. The van der Waals surface area contributed by atoms with Gasteiger partial charge in [0.2, 0.25) is 0 Å². The van der Waals surface area contributed by atoms with Gasteiger partial charge in [-0.2, -0.15) is 10.4 Å². The molecule has 0 spiro atoms. The summed E-state index contributed by atoms with van der Waals surface area (Å²) in [6, 6.07) is 15.7. The maximum Gasteiger partial charge on any atom is 0.264 e. The number of hydrogen-bond acceptors (Lipinski definition) is 9. The van der Waals surface area contributed by atoms with Crippen molar-refractivity contribution in [2.75, 3.05) is 45.0 Å². The number of fused-ring (bicyclic) bond motifs is 1. The highest BCUT2D eigenvalue weighted by atomic mass is 19.1.